The summed E-state index contributed by atoms with van der Waals surface area (Å²) in [5.41, 5.74) is 5.67. The van der Waals surface area contributed by atoms with E-state index in [9.17, 15) is 4.79 Å². The predicted octanol–water partition coefficient (Wildman–Crippen LogP) is 1.76. The summed E-state index contributed by atoms with van der Waals surface area (Å²) in [6, 6.07) is 0. The van der Waals surface area contributed by atoms with Crippen molar-refractivity contribution < 1.29 is 4.79 Å². The first-order valence-corrected chi connectivity index (χ1v) is 6.25. The van der Waals surface area contributed by atoms with Crippen LogP contribution in [0.25, 0.3) is 0 Å². The molecule has 15 heavy (non-hydrogen) atoms. The summed E-state index contributed by atoms with van der Waals surface area (Å²) >= 11 is 0. The fraction of sp³-hybridized carbons (Fsp3) is 0.917. The Hall–Kier alpha value is -0.570. The molecule has 1 saturated heterocycles. The van der Waals surface area contributed by atoms with Crippen LogP contribution in [0, 0.1) is 5.92 Å². The fourth-order valence-corrected chi connectivity index (χ4v) is 2.24. The molecular weight excluding hydrogens is 188 g/mol. The molecule has 0 aromatic heterocycles. The minimum absolute atomic E-state index is 0.335. The summed E-state index contributed by atoms with van der Waals surface area (Å²) in [5.74, 6) is 0.878. The van der Waals surface area contributed by atoms with E-state index in [-0.39, 0.29) is 0 Å². The van der Waals surface area contributed by atoms with Crippen LogP contribution < -0.4 is 5.73 Å². The van der Waals surface area contributed by atoms with Gasteiger partial charge in [-0.15, -0.1) is 0 Å². The van der Waals surface area contributed by atoms with Gasteiger partial charge in [0.1, 0.15) is 0 Å². The Kier molecular flexibility index (Phi) is 5.69. The zero-order valence-corrected chi connectivity index (χ0v) is 9.87. The number of carbonyl (C=O) groups is 1. The topological polar surface area (TPSA) is 46.3 Å². The van der Waals surface area contributed by atoms with E-state index >= 15 is 0 Å². The maximum Gasteiger partial charge on any atom is 0.222 e. The molecule has 0 saturated carbocycles. The molecule has 1 rings (SSSR count). The molecule has 0 bridgehead atoms. The van der Waals surface area contributed by atoms with Gasteiger partial charge in [0.15, 0.2) is 0 Å². The molecule has 0 radical (unpaired) electrons. The highest BCUT2D eigenvalue weighted by Gasteiger charge is 2.18. The second kappa shape index (κ2) is 6.83. The lowest BCUT2D eigenvalue weighted by Crippen LogP contribution is -2.28. The van der Waals surface area contributed by atoms with Crippen molar-refractivity contribution in [2.45, 2.75) is 45.4 Å². The lowest BCUT2D eigenvalue weighted by molar-refractivity contribution is -0.130. The Labute approximate surface area is 93.0 Å². The molecule has 1 aliphatic heterocycles. The molecule has 1 heterocycles. The highest BCUT2D eigenvalue weighted by Crippen LogP contribution is 2.15. The van der Waals surface area contributed by atoms with Crippen molar-refractivity contribution in [3.8, 4) is 0 Å². The van der Waals surface area contributed by atoms with Crippen LogP contribution in [0.1, 0.15) is 45.4 Å². The van der Waals surface area contributed by atoms with E-state index in [0.717, 1.165) is 32.5 Å². The fourth-order valence-electron chi connectivity index (χ4n) is 2.24. The van der Waals surface area contributed by atoms with Crippen LogP contribution >= 0.6 is 0 Å². The largest absolute Gasteiger partial charge is 0.343 e. The van der Waals surface area contributed by atoms with E-state index in [1.165, 1.54) is 19.3 Å². The molecule has 0 aromatic rings. The van der Waals surface area contributed by atoms with E-state index in [1.54, 1.807) is 0 Å². The molecule has 0 aliphatic carbocycles. The van der Waals surface area contributed by atoms with Gasteiger partial charge in [-0.1, -0.05) is 13.3 Å². The summed E-state index contributed by atoms with van der Waals surface area (Å²) in [4.78, 5) is 13.8. The minimum Gasteiger partial charge on any atom is -0.343 e. The van der Waals surface area contributed by atoms with Crippen molar-refractivity contribution in [3.05, 3.63) is 0 Å². The zero-order valence-electron chi connectivity index (χ0n) is 9.87. The van der Waals surface area contributed by atoms with Crippen LogP contribution in [0.4, 0.5) is 0 Å². The number of nitrogens with two attached hydrogens (primary N) is 1. The van der Waals surface area contributed by atoms with Crippen molar-refractivity contribution in [2.75, 3.05) is 19.6 Å². The Morgan fingerprint density at radius 3 is 2.53 bits per heavy atom. The van der Waals surface area contributed by atoms with E-state index in [0.29, 0.717) is 18.2 Å². The van der Waals surface area contributed by atoms with Crippen LogP contribution in [0.3, 0.4) is 0 Å². The number of hydrogen-bond acceptors (Lipinski definition) is 2. The van der Waals surface area contributed by atoms with Gasteiger partial charge in [0.05, 0.1) is 0 Å². The van der Waals surface area contributed by atoms with Gasteiger partial charge in [-0.2, -0.15) is 0 Å². The number of hydrogen-bond donors (Lipinski definition) is 1. The molecule has 3 nitrogen and oxygen atoms in total. The summed E-state index contributed by atoms with van der Waals surface area (Å²) in [7, 11) is 0. The van der Waals surface area contributed by atoms with Crippen molar-refractivity contribution >= 4 is 5.91 Å². The van der Waals surface area contributed by atoms with Gasteiger partial charge in [0, 0.05) is 19.5 Å². The molecule has 0 aromatic carbocycles. The van der Waals surface area contributed by atoms with Crippen molar-refractivity contribution in [1.82, 2.24) is 4.90 Å². The first-order chi connectivity index (χ1) is 7.27. The number of rotatable bonds is 6. The number of amides is 1. The van der Waals surface area contributed by atoms with Gasteiger partial charge in [-0.25, -0.2) is 0 Å². The Morgan fingerprint density at radius 2 is 2.00 bits per heavy atom. The monoisotopic (exact) mass is 212 g/mol. The van der Waals surface area contributed by atoms with Crippen LogP contribution in [-0.4, -0.2) is 30.4 Å². The first kappa shape index (κ1) is 12.5. The molecule has 1 unspecified atom stereocenters. The Balaban J connectivity index is 2.19. The third-order valence-electron chi connectivity index (χ3n) is 3.26. The number of carbonyl (C=O) groups excluding carboxylic acids is 1. The molecule has 1 fully saturated rings. The number of nitrogens with zero attached hydrogens (tertiary/aromatic N) is 1. The smallest absolute Gasteiger partial charge is 0.222 e. The first-order valence-electron chi connectivity index (χ1n) is 6.25. The predicted molar refractivity (Wildman–Crippen MR) is 62.5 cm³/mol. The maximum atomic E-state index is 11.8. The molecule has 88 valence electrons. The highest BCUT2D eigenvalue weighted by molar-refractivity contribution is 5.76. The zero-order chi connectivity index (χ0) is 11.1. The van der Waals surface area contributed by atoms with Gasteiger partial charge >= 0.3 is 0 Å². The van der Waals surface area contributed by atoms with Gasteiger partial charge < -0.3 is 10.6 Å². The Morgan fingerprint density at radius 1 is 1.33 bits per heavy atom. The van der Waals surface area contributed by atoms with Crippen LogP contribution in [0.2, 0.25) is 0 Å². The molecule has 1 aliphatic rings. The number of likely N-dealkylation sites (tertiary alicyclic amines) is 1. The van der Waals surface area contributed by atoms with E-state index in [1.807, 2.05) is 4.90 Å². The highest BCUT2D eigenvalue weighted by atomic mass is 16.2. The molecule has 1 amide bonds. The SMILES string of the molecule is CCCC(CN)CCC(=O)N1CCCC1. The Bertz CT molecular complexity index is 188. The van der Waals surface area contributed by atoms with Crippen molar-refractivity contribution in [1.29, 1.82) is 0 Å². The standard InChI is InChI=1S/C12H24N2O/c1-2-5-11(10-13)6-7-12(15)14-8-3-4-9-14/h11H,2-10,13H2,1H3. The summed E-state index contributed by atoms with van der Waals surface area (Å²) < 4.78 is 0. The average molecular weight is 212 g/mol. The average Bonchev–Trinajstić information content (AvgIpc) is 2.77. The van der Waals surface area contributed by atoms with Gasteiger partial charge in [-0.3, -0.25) is 4.79 Å². The summed E-state index contributed by atoms with van der Waals surface area (Å²) in [5, 5.41) is 0. The molecular formula is C12H24N2O. The third-order valence-corrected chi connectivity index (χ3v) is 3.26. The quantitative estimate of drug-likeness (QED) is 0.729. The molecule has 3 heteroatoms. The third kappa shape index (κ3) is 4.20. The minimum atomic E-state index is 0.335. The summed E-state index contributed by atoms with van der Waals surface area (Å²) in [6.07, 6.45) is 6.35. The van der Waals surface area contributed by atoms with Gasteiger partial charge in [0.25, 0.3) is 0 Å². The van der Waals surface area contributed by atoms with Gasteiger partial charge in [0.2, 0.25) is 5.91 Å². The lowest BCUT2D eigenvalue weighted by atomic mass is 9.98. The molecule has 0 spiro atoms. The second-order valence-corrected chi connectivity index (χ2v) is 4.52. The van der Waals surface area contributed by atoms with E-state index in [2.05, 4.69) is 6.92 Å². The van der Waals surface area contributed by atoms with Crippen molar-refractivity contribution in [3.63, 3.8) is 0 Å². The maximum absolute atomic E-state index is 11.8. The second-order valence-electron chi connectivity index (χ2n) is 4.52. The van der Waals surface area contributed by atoms with Crippen LogP contribution in [-0.2, 0) is 4.79 Å². The van der Waals surface area contributed by atoms with Crippen LogP contribution in [0.5, 0.6) is 0 Å². The normalized spacial score (nSPS) is 18.1. The van der Waals surface area contributed by atoms with Crippen LogP contribution in [0.15, 0.2) is 0 Å². The van der Waals surface area contributed by atoms with E-state index < -0.39 is 0 Å². The van der Waals surface area contributed by atoms with Crippen molar-refractivity contribution in [2.24, 2.45) is 11.7 Å². The molecule has 2 N–H and O–H groups in total. The lowest BCUT2D eigenvalue weighted by Gasteiger charge is -2.18. The van der Waals surface area contributed by atoms with E-state index in [4.69, 9.17) is 5.73 Å². The summed E-state index contributed by atoms with van der Waals surface area (Å²) in [6.45, 7) is 4.84. The molecule has 1 atom stereocenters. The van der Waals surface area contributed by atoms with Gasteiger partial charge in [-0.05, 0) is 38.1 Å².